The van der Waals surface area contributed by atoms with Crippen LogP contribution in [0.25, 0.3) is 11.3 Å². The van der Waals surface area contributed by atoms with Crippen LogP contribution in [-0.4, -0.2) is 81.2 Å². The van der Waals surface area contributed by atoms with Gasteiger partial charge in [0.05, 0.1) is 11.9 Å². The van der Waals surface area contributed by atoms with Crippen molar-refractivity contribution in [3.05, 3.63) is 35.7 Å². The van der Waals surface area contributed by atoms with E-state index in [2.05, 4.69) is 10.5 Å². The zero-order valence-electron chi connectivity index (χ0n) is 18.5. The second-order valence-electron chi connectivity index (χ2n) is 8.00. The molecule has 2 atom stereocenters. The van der Waals surface area contributed by atoms with Crippen molar-refractivity contribution >= 4 is 37.3 Å². The summed E-state index contributed by atoms with van der Waals surface area (Å²) >= 11 is 0.946. The number of amides is 1. The maximum Gasteiger partial charge on any atom is 0.271 e. The summed E-state index contributed by atoms with van der Waals surface area (Å²) in [5, 5.41) is 1.63. The Labute approximate surface area is 202 Å². The molecular formula is C20H26N4O7S3. The third-order valence-electron chi connectivity index (χ3n) is 5.58. The summed E-state index contributed by atoms with van der Waals surface area (Å²) in [6, 6.07) is 7.79. The number of aromatic nitrogens is 1. The number of ether oxygens (including phenoxy) is 1. The molecular weight excluding hydrogens is 504 g/mol. The largest absolute Gasteiger partial charge is 0.350 e. The summed E-state index contributed by atoms with van der Waals surface area (Å²) < 4.78 is 58.5. The van der Waals surface area contributed by atoms with Crippen molar-refractivity contribution < 1.29 is 31.2 Å². The highest BCUT2D eigenvalue weighted by Gasteiger charge is 2.43. The number of hydroxylamine groups is 1. The number of sulfonamides is 2. The van der Waals surface area contributed by atoms with E-state index in [1.54, 1.807) is 5.38 Å². The van der Waals surface area contributed by atoms with Gasteiger partial charge in [-0.2, -0.15) is 8.61 Å². The van der Waals surface area contributed by atoms with Gasteiger partial charge < -0.3 is 4.74 Å². The number of rotatable bonds is 7. The van der Waals surface area contributed by atoms with E-state index in [9.17, 15) is 21.6 Å². The number of thiazole rings is 1. The first-order valence-corrected chi connectivity index (χ1v) is 14.9. The highest BCUT2D eigenvalue weighted by atomic mass is 32.2. The smallest absolute Gasteiger partial charge is 0.271 e. The van der Waals surface area contributed by atoms with E-state index in [0.29, 0.717) is 18.7 Å². The zero-order valence-corrected chi connectivity index (χ0v) is 20.9. The highest BCUT2D eigenvalue weighted by molar-refractivity contribution is 7.91. The Kier molecular flexibility index (Phi) is 7.66. The van der Waals surface area contributed by atoms with Crippen LogP contribution in [0.2, 0.25) is 0 Å². The predicted octanol–water partition coefficient (Wildman–Crippen LogP) is 1.02. The zero-order chi connectivity index (χ0) is 24.3. The monoisotopic (exact) mass is 530 g/mol. The standard InChI is InChI=1S/C20H26N4O7S3/c1-33(26,27)23-10-11-24(17(13-23)19(25)22-31-18-9-5-6-12-30-18)34(28,29)20-21-16(14-32-20)15-7-3-2-4-8-15/h2-4,7-8,14,17-18H,5-6,9-13H2,1H3,(H,22,25)/t17-,18?/m1/s1. The fourth-order valence-corrected chi connectivity index (χ4v) is 7.29. The van der Waals surface area contributed by atoms with Gasteiger partial charge in [0, 0.05) is 43.6 Å². The first kappa shape index (κ1) is 25.2. The van der Waals surface area contributed by atoms with Crippen LogP contribution in [0.4, 0.5) is 0 Å². The normalized spacial score (nSPS) is 23.0. The Bertz CT molecular complexity index is 1210. The number of piperazine rings is 1. The lowest BCUT2D eigenvalue weighted by Gasteiger charge is -2.38. The molecule has 0 bridgehead atoms. The maximum atomic E-state index is 13.5. The Hall–Kier alpha value is -1.94. The van der Waals surface area contributed by atoms with E-state index in [4.69, 9.17) is 9.57 Å². The van der Waals surface area contributed by atoms with Crippen LogP contribution in [-0.2, 0) is 34.4 Å². The second-order valence-corrected chi connectivity index (χ2v) is 12.9. The van der Waals surface area contributed by atoms with Gasteiger partial charge in [-0.1, -0.05) is 30.3 Å². The molecule has 1 amide bonds. The molecule has 2 aliphatic heterocycles. The van der Waals surface area contributed by atoms with Crippen LogP contribution in [0.5, 0.6) is 0 Å². The second kappa shape index (κ2) is 10.4. The van der Waals surface area contributed by atoms with Gasteiger partial charge in [0.25, 0.3) is 15.9 Å². The topological polar surface area (TPSA) is 135 Å². The third kappa shape index (κ3) is 5.64. The van der Waals surface area contributed by atoms with Gasteiger partial charge in [-0.15, -0.1) is 11.3 Å². The van der Waals surface area contributed by atoms with Gasteiger partial charge in [-0.25, -0.2) is 32.1 Å². The van der Waals surface area contributed by atoms with Crippen LogP contribution in [0.15, 0.2) is 40.1 Å². The van der Waals surface area contributed by atoms with Crippen molar-refractivity contribution in [3.8, 4) is 11.3 Å². The quantitative estimate of drug-likeness (QED) is 0.524. The van der Waals surface area contributed by atoms with E-state index in [1.165, 1.54) is 0 Å². The Balaban J connectivity index is 1.57. The summed E-state index contributed by atoms with van der Waals surface area (Å²) in [6.07, 6.45) is 2.74. The highest BCUT2D eigenvalue weighted by Crippen LogP contribution is 2.29. The van der Waals surface area contributed by atoms with Crippen molar-refractivity contribution in [3.63, 3.8) is 0 Å². The number of hydrogen-bond donors (Lipinski definition) is 1. The summed E-state index contributed by atoms with van der Waals surface area (Å²) in [7, 11) is -7.82. The molecule has 186 valence electrons. The van der Waals surface area contributed by atoms with Crippen LogP contribution >= 0.6 is 11.3 Å². The fourth-order valence-electron chi connectivity index (χ4n) is 3.76. The number of nitrogens with zero attached hydrogens (tertiary/aromatic N) is 3. The lowest BCUT2D eigenvalue weighted by molar-refractivity contribution is -0.202. The van der Waals surface area contributed by atoms with E-state index in [0.717, 1.165) is 44.6 Å². The van der Waals surface area contributed by atoms with Crippen LogP contribution in [0.3, 0.4) is 0 Å². The van der Waals surface area contributed by atoms with Gasteiger partial charge in [-0.05, 0) is 12.8 Å². The molecule has 34 heavy (non-hydrogen) atoms. The molecule has 2 aliphatic rings. The molecule has 11 nitrogen and oxygen atoms in total. The fraction of sp³-hybridized carbons (Fsp3) is 0.500. The van der Waals surface area contributed by atoms with Crippen molar-refractivity contribution in [2.24, 2.45) is 0 Å². The summed E-state index contributed by atoms with van der Waals surface area (Å²) in [4.78, 5) is 22.6. The average Bonchev–Trinajstić information content (AvgIpc) is 3.34. The molecule has 1 N–H and O–H groups in total. The van der Waals surface area contributed by atoms with E-state index in [-0.39, 0.29) is 24.0 Å². The van der Waals surface area contributed by atoms with Gasteiger partial charge >= 0.3 is 0 Å². The molecule has 0 spiro atoms. The first-order valence-electron chi connectivity index (χ1n) is 10.7. The minimum absolute atomic E-state index is 0.0780. The van der Waals surface area contributed by atoms with Crippen LogP contribution in [0, 0.1) is 0 Å². The molecule has 2 aromatic rings. The van der Waals surface area contributed by atoms with Gasteiger partial charge in [0.2, 0.25) is 14.4 Å². The van der Waals surface area contributed by atoms with Gasteiger partial charge in [0.15, 0.2) is 6.29 Å². The van der Waals surface area contributed by atoms with Gasteiger partial charge in [0.1, 0.15) is 6.04 Å². The molecule has 0 aliphatic carbocycles. The number of nitrogens with one attached hydrogen (secondary N) is 1. The minimum Gasteiger partial charge on any atom is -0.350 e. The molecule has 1 aromatic heterocycles. The van der Waals surface area contributed by atoms with Crippen molar-refractivity contribution in [2.75, 3.05) is 32.5 Å². The van der Waals surface area contributed by atoms with E-state index in [1.807, 2.05) is 30.3 Å². The molecule has 1 unspecified atom stereocenters. The lowest BCUT2D eigenvalue weighted by atomic mass is 10.2. The Morgan fingerprint density at radius 2 is 1.94 bits per heavy atom. The summed E-state index contributed by atoms with van der Waals surface area (Å²) in [5.41, 5.74) is 3.53. The van der Waals surface area contributed by atoms with Crippen molar-refractivity contribution in [1.29, 1.82) is 0 Å². The van der Waals surface area contributed by atoms with Crippen molar-refractivity contribution in [2.45, 2.75) is 35.9 Å². The van der Waals surface area contributed by atoms with Gasteiger partial charge in [-0.3, -0.25) is 4.79 Å². The third-order valence-corrected chi connectivity index (χ3v) is 9.99. The predicted molar refractivity (Wildman–Crippen MR) is 124 cm³/mol. The molecule has 2 saturated heterocycles. The first-order chi connectivity index (χ1) is 16.2. The maximum absolute atomic E-state index is 13.5. The minimum atomic E-state index is -4.18. The molecule has 14 heteroatoms. The number of carbonyl (C=O) groups excluding carboxylic acids is 1. The molecule has 3 heterocycles. The molecule has 4 rings (SSSR count). The average molecular weight is 531 g/mol. The van der Waals surface area contributed by atoms with E-state index < -0.39 is 38.3 Å². The summed E-state index contributed by atoms with van der Waals surface area (Å²) in [5.74, 6) is -0.772. The molecule has 1 aromatic carbocycles. The number of carbonyl (C=O) groups is 1. The SMILES string of the molecule is CS(=O)(=O)N1CCN(S(=O)(=O)c2nc(-c3ccccc3)cs2)[C@@H](C(=O)NOC2CCCCO2)C1. The summed E-state index contributed by atoms with van der Waals surface area (Å²) in [6.45, 7) is -0.116. The van der Waals surface area contributed by atoms with Crippen molar-refractivity contribution in [1.82, 2.24) is 19.1 Å². The molecule has 2 fully saturated rings. The lowest BCUT2D eigenvalue weighted by Crippen LogP contribution is -2.61. The number of benzene rings is 1. The van der Waals surface area contributed by atoms with Crippen LogP contribution < -0.4 is 5.48 Å². The molecule has 0 radical (unpaired) electrons. The van der Waals surface area contributed by atoms with E-state index >= 15 is 0 Å². The Morgan fingerprint density at radius 1 is 1.18 bits per heavy atom. The van der Waals surface area contributed by atoms with Crippen LogP contribution in [0.1, 0.15) is 19.3 Å². The number of hydrogen-bond acceptors (Lipinski definition) is 9. The molecule has 0 saturated carbocycles. The Morgan fingerprint density at radius 3 is 2.62 bits per heavy atom.